The topological polar surface area (TPSA) is 55.1 Å². The number of aryl methyl sites for hydroxylation is 1. The van der Waals surface area contributed by atoms with Crippen molar-refractivity contribution in [1.82, 2.24) is 0 Å². The van der Waals surface area contributed by atoms with Crippen molar-refractivity contribution in [3.05, 3.63) is 59.4 Å². The van der Waals surface area contributed by atoms with Crippen LogP contribution in [0, 0.1) is 12.7 Å². The predicted octanol–water partition coefficient (Wildman–Crippen LogP) is 2.90. The molecule has 0 saturated heterocycles. The van der Waals surface area contributed by atoms with E-state index in [0.717, 1.165) is 11.1 Å². The van der Waals surface area contributed by atoms with E-state index in [1.54, 1.807) is 0 Å². The van der Waals surface area contributed by atoms with Crippen LogP contribution in [0.1, 0.15) is 11.1 Å². The molecule has 2 aromatic rings. The van der Waals surface area contributed by atoms with Gasteiger partial charge in [0.1, 0.15) is 5.82 Å². The maximum Gasteiger partial charge on any atom is 0.228 e. The second-order valence-electron chi connectivity index (χ2n) is 4.45. The van der Waals surface area contributed by atoms with Crippen molar-refractivity contribution in [2.24, 2.45) is 0 Å². The molecule has 19 heavy (non-hydrogen) atoms. The van der Waals surface area contributed by atoms with Crippen molar-refractivity contribution < 1.29 is 9.18 Å². The van der Waals surface area contributed by atoms with E-state index in [1.165, 1.54) is 18.2 Å². The molecule has 2 rings (SSSR count). The van der Waals surface area contributed by atoms with E-state index < -0.39 is 5.82 Å². The summed E-state index contributed by atoms with van der Waals surface area (Å²) in [5, 5.41) is 2.67. The van der Waals surface area contributed by atoms with Gasteiger partial charge in [0.25, 0.3) is 0 Å². The highest BCUT2D eigenvalue weighted by atomic mass is 19.1. The van der Waals surface area contributed by atoms with Gasteiger partial charge in [-0.1, -0.05) is 29.8 Å². The molecule has 98 valence electrons. The van der Waals surface area contributed by atoms with Crippen LogP contribution in [0.15, 0.2) is 42.5 Å². The summed E-state index contributed by atoms with van der Waals surface area (Å²) in [5.74, 6) is -0.599. The van der Waals surface area contributed by atoms with Crippen LogP contribution in [-0.4, -0.2) is 5.91 Å². The van der Waals surface area contributed by atoms with Gasteiger partial charge in [0, 0.05) is 0 Å². The molecule has 0 aromatic heterocycles. The molecule has 2 aromatic carbocycles. The van der Waals surface area contributed by atoms with Gasteiger partial charge in [-0.15, -0.1) is 0 Å². The van der Waals surface area contributed by atoms with Crippen LogP contribution in [0.4, 0.5) is 15.8 Å². The van der Waals surface area contributed by atoms with Gasteiger partial charge >= 0.3 is 0 Å². The molecule has 0 aliphatic heterocycles. The standard InChI is InChI=1S/C15H15FN2O/c1-10-3-2-4-11(7-10)8-15(19)18-14-6-5-12(16)9-13(14)17/h2-7,9H,8,17H2,1H3,(H,18,19). The fourth-order valence-corrected chi connectivity index (χ4v) is 1.85. The minimum Gasteiger partial charge on any atom is -0.397 e. The average molecular weight is 258 g/mol. The zero-order valence-electron chi connectivity index (χ0n) is 10.6. The predicted molar refractivity (Wildman–Crippen MR) is 74.3 cm³/mol. The quantitative estimate of drug-likeness (QED) is 0.832. The summed E-state index contributed by atoms with van der Waals surface area (Å²) < 4.78 is 12.9. The van der Waals surface area contributed by atoms with Gasteiger partial charge < -0.3 is 11.1 Å². The lowest BCUT2D eigenvalue weighted by atomic mass is 10.1. The lowest BCUT2D eigenvalue weighted by Crippen LogP contribution is -2.15. The van der Waals surface area contributed by atoms with Crippen LogP contribution in [0.2, 0.25) is 0 Å². The molecule has 3 N–H and O–H groups in total. The number of carbonyl (C=O) groups excluding carboxylic acids is 1. The van der Waals surface area contributed by atoms with E-state index in [0.29, 0.717) is 5.69 Å². The second kappa shape index (κ2) is 5.52. The number of halogens is 1. The third-order valence-electron chi connectivity index (χ3n) is 2.73. The van der Waals surface area contributed by atoms with Gasteiger partial charge in [0.05, 0.1) is 17.8 Å². The first-order chi connectivity index (χ1) is 9.04. The summed E-state index contributed by atoms with van der Waals surface area (Å²) in [6, 6.07) is 11.6. The van der Waals surface area contributed by atoms with Gasteiger partial charge in [-0.3, -0.25) is 4.79 Å². The maximum atomic E-state index is 12.9. The second-order valence-corrected chi connectivity index (χ2v) is 4.45. The van der Waals surface area contributed by atoms with Gasteiger partial charge in [-0.25, -0.2) is 4.39 Å². The van der Waals surface area contributed by atoms with E-state index >= 15 is 0 Å². The molecular formula is C15H15FN2O. The molecule has 0 atom stereocenters. The summed E-state index contributed by atoms with van der Waals surface area (Å²) in [6.45, 7) is 1.97. The van der Waals surface area contributed by atoms with Crippen LogP contribution < -0.4 is 11.1 Å². The molecule has 0 saturated carbocycles. The van der Waals surface area contributed by atoms with Crippen LogP contribution in [-0.2, 0) is 11.2 Å². The Balaban J connectivity index is 2.05. The van der Waals surface area contributed by atoms with Crippen LogP contribution in [0.25, 0.3) is 0 Å². The number of anilines is 2. The molecule has 0 heterocycles. The normalized spacial score (nSPS) is 10.2. The molecule has 0 aliphatic carbocycles. The highest BCUT2D eigenvalue weighted by molar-refractivity contribution is 5.95. The zero-order chi connectivity index (χ0) is 13.8. The summed E-state index contributed by atoms with van der Waals surface area (Å²) in [7, 11) is 0. The number of rotatable bonds is 3. The summed E-state index contributed by atoms with van der Waals surface area (Å²) in [5.41, 5.74) is 8.31. The van der Waals surface area contributed by atoms with Crippen molar-refractivity contribution in [2.45, 2.75) is 13.3 Å². The third kappa shape index (κ3) is 3.55. The average Bonchev–Trinajstić information content (AvgIpc) is 2.33. The Hall–Kier alpha value is -2.36. The first-order valence-corrected chi connectivity index (χ1v) is 5.95. The smallest absolute Gasteiger partial charge is 0.228 e. The van der Waals surface area contributed by atoms with E-state index in [4.69, 9.17) is 5.73 Å². The lowest BCUT2D eigenvalue weighted by molar-refractivity contribution is -0.115. The molecule has 0 spiro atoms. The number of amides is 1. The molecule has 1 amide bonds. The molecule has 0 unspecified atom stereocenters. The van der Waals surface area contributed by atoms with Crippen LogP contribution in [0.3, 0.4) is 0 Å². The van der Waals surface area contributed by atoms with Gasteiger partial charge in [-0.2, -0.15) is 0 Å². The molecule has 4 heteroatoms. The van der Waals surface area contributed by atoms with Crippen molar-refractivity contribution in [1.29, 1.82) is 0 Å². The fraction of sp³-hybridized carbons (Fsp3) is 0.133. The number of hydrogen-bond donors (Lipinski definition) is 2. The van der Waals surface area contributed by atoms with Crippen molar-refractivity contribution in [3.63, 3.8) is 0 Å². The van der Waals surface area contributed by atoms with E-state index in [2.05, 4.69) is 5.32 Å². The molecule has 0 fully saturated rings. The summed E-state index contributed by atoms with van der Waals surface area (Å²) >= 11 is 0. The Labute approximate surface area is 111 Å². The minimum atomic E-state index is -0.422. The first kappa shape index (κ1) is 13.1. The highest BCUT2D eigenvalue weighted by Crippen LogP contribution is 2.19. The lowest BCUT2D eigenvalue weighted by Gasteiger charge is -2.08. The molecule has 0 bridgehead atoms. The van der Waals surface area contributed by atoms with Gasteiger partial charge in [0.2, 0.25) is 5.91 Å². The van der Waals surface area contributed by atoms with Crippen LogP contribution >= 0.6 is 0 Å². The van der Waals surface area contributed by atoms with Crippen molar-refractivity contribution in [3.8, 4) is 0 Å². The van der Waals surface area contributed by atoms with Crippen molar-refractivity contribution in [2.75, 3.05) is 11.1 Å². The Bertz CT molecular complexity index is 611. The number of nitrogens with one attached hydrogen (secondary N) is 1. The summed E-state index contributed by atoms with van der Waals surface area (Å²) in [6.07, 6.45) is 0.262. The maximum absolute atomic E-state index is 12.9. The first-order valence-electron chi connectivity index (χ1n) is 5.95. The Morgan fingerprint density at radius 2 is 2.05 bits per heavy atom. The SMILES string of the molecule is Cc1cccc(CC(=O)Nc2ccc(F)cc2N)c1. The van der Waals surface area contributed by atoms with E-state index in [9.17, 15) is 9.18 Å². The zero-order valence-corrected chi connectivity index (χ0v) is 10.6. The monoisotopic (exact) mass is 258 g/mol. The highest BCUT2D eigenvalue weighted by Gasteiger charge is 2.07. The minimum absolute atomic E-state index is 0.177. The number of carbonyl (C=O) groups is 1. The van der Waals surface area contributed by atoms with Gasteiger partial charge in [-0.05, 0) is 30.7 Å². The number of hydrogen-bond acceptors (Lipinski definition) is 2. The third-order valence-corrected chi connectivity index (χ3v) is 2.73. The van der Waals surface area contributed by atoms with E-state index in [1.807, 2.05) is 31.2 Å². The van der Waals surface area contributed by atoms with Crippen LogP contribution in [0.5, 0.6) is 0 Å². The number of benzene rings is 2. The van der Waals surface area contributed by atoms with Gasteiger partial charge in [0.15, 0.2) is 0 Å². The molecule has 0 radical (unpaired) electrons. The van der Waals surface area contributed by atoms with E-state index in [-0.39, 0.29) is 18.0 Å². The fourth-order valence-electron chi connectivity index (χ4n) is 1.85. The Morgan fingerprint density at radius 1 is 1.26 bits per heavy atom. The number of nitrogen functional groups attached to an aromatic ring is 1. The largest absolute Gasteiger partial charge is 0.397 e. The Kier molecular flexibility index (Phi) is 3.80. The molecule has 0 aliphatic rings. The van der Waals surface area contributed by atoms with Crippen molar-refractivity contribution >= 4 is 17.3 Å². The number of nitrogens with two attached hydrogens (primary N) is 1. The molecule has 3 nitrogen and oxygen atoms in total. The Morgan fingerprint density at radius 3 is 2.74 bits per heavy atom. The molecular weight excluding hydrogens is 243 g/mol. The summed E-state index contributed by atoms with van der Waals surface area (Å²) in [4.78, 5) is 11.9.